The molecule has 1 aliphatic carbocycles. The Morgan fingerprint density at radius 1 is 1.33 bits per heavy atom. The molecule has 1 aromatic heterocycles. The quantitative estimate of drug-likeness (QED) is 0.505. The van der Waals surface area contributed by atoms with Gasteiger partial charge < -0.3 is 14.8 Å². The van der Waals surface area contributed by atoms with Crippen LogP contribution < -0.4 is 0 Å². The average molecular weight is 285 g/mol. The highest BCUT2D eigenvalue weighted by molar-refractivity contribution is 6.15. The van der Waals surface area contributed by atoms with Crippen LogP contribution in [-0.4, -0.2) is 28.4 Å². The third kappa shape index (κ3) is 2.11. The second-order valence-corrected chi connectivity index (χ2v) is 4.90. The van der Waals surface area contributed by atoms with E-state index in [4.69, 9.17) is 4.74 Å². The number of aromatic amines is 1. The predicted molar refractivity (Wildman–Crippen MR) is 77.2 cm³/mol. The van der Waals surface area contributed by atoms with E-state index >= 15 is 0 Å². The molecule has 0 spiro atoms. The molecule has 5 heteroatoms. The molecule has 1 aromatic carbocycles. The Morgan fingerprint density at radius 2 is 2.10 bits per heavy atom. The highest BCUT2D eigenvalue weighted by Gasteiger charge is 2.30. The molecule has 1 aliphatic rings. The zero-order valence-corrected chi connectivity index (χ0v) is 11.6. The normalized spacial score (nSPS) is 16.7. The number of benzene rings is 1. The monoisotopic (exact) mass is 285 g/mol. The van der Waals surface area contributed by atoms with Gasteiger partial charge in [0.05, 0.1) is 17.9 Å². The van der Waals surface area contributed by atoms with E-state index in [1.165, 1.54) is 0 Å². The number of ketones is 1. The number of aromatic nitrogens is 1. The molecule has 0 saturated carbocycles. The highest BCUT2D eigenvalue weighted by Crippen LogP contribution is 2.32. The van der Waals surface area contributed by atoms with Gasteiger partial charge in [-0.05, 0) is 31.4 Å². The van der Waals surface area contributed by atoms with Crippen LogP contribution in [-0.2, 0) is 16.0 Å². The van der Waals surface area contributed by atoms with Crippen molar-refractivity contribution in [2.24, 2.45) is 0 Å². The van der Waals surface area contributed by atoms with Gasteiger partial charge in [0.2, 0.25) is 11.5 Å². The van der Waals surface area contributed by atoms with Gasteiger partial charge in [-0.2, -0.15) is 0 Å². The smallest absolute Gasteiger partial charge is 0.373 e. The van der Waals surface area contributed by atoms with Crippen LogP contribution in [0.2, 0.25) is 0 Å². The van der Waals surface area contributed by atoms with Crippen molar-refractivity contribution in [1.29, 1.82) is 0 Å². The van der Waals surface area contributed by atoms with Gasteiger partial charge in [0, 0.05) is 10.9 Å². The van der Waals surface area contributed by atoms with Crippen LogP contribution in [0, 0.1) is 0 Å². The zero-order chi connectivity index (χ0) is 15.0. The van der Waals surface area contributed by atoms with Gasteiger partial charge in [-0.3, -0.25) is 4.79 Å². The fraction of sp³-hybridized carbons (Fsp3) is 0.250. The molecule has 0 fully saturated rings. The van der Waals surface area contributed by atoms with E-state index < -0.39 is 11.7 Å². The number of esters is 1. The Morgan fingerprint density at radius 3 is 2.86 bits per heavy atom. The lowest BCUT2D eigenvalue weighted by Crippen LogP contribution is -2.19. The molecule has 5 nitrogen and oxygen atoms in total. The Hall–Kier alpha value is -2.56. The largest absolute Gasteiger partial charge is 0.502 e. The first-order valence-electron chi connectivity index (χ1n) is 6.87. The van der Waals surface area contributed by atoms with Crippen molar-refractivity contribution in [3.05, 3.63) is 46.9 Å². The number of Topliss-reactive ketones (excluding diaryl/α,β-unsaturated/α-hetero) is 1. The third-order valence-electron chi connectivity index (χ3n) is 3.69. The second-order valence-electron chi connectivity index (χ2n) is 4.90. The van der Waals surface area contributed by atoms with Crippen LogP contribution in [0.1, 0.15) is 29.4 Å². The molecule has 0 atom stereocenters. The molecule has 0 bridgehead atoms. The molecule has 1 heterocycles. The second kappa shape index (κ2) is 5.09. The van der Waals surface area contributed by atoms with Crippen LogP contribution in [0.5, 0.6) is 0 Å². The van der Waals surface area contributed by atoms with Crippen molar-refractivity contribution in [3.8, 4) is 0 Å². The molecule has 2 N–H and O–H groups in total. The topological polar surface area (TPSA) is 79.4 Å². The number of fused-ring (bicyclic) bond motifs is 3. The first kappa shape index (κ1) is 13.4. The molecule has 108 valence electrons. The van der Waals surface area contributed by atoms with Gasteiger partial charge in [-0.25, -0.2) is 4.79 Å². The van der Waals surface area contributed by atoms with E-state index in [-0.39, 0.29) is 18.0 Å². The number of aliphatic hydroxyl groups is 1. The van der Waals surface area contributed by atoms with Gasteiger partial charge in [0.25, 0.3) is 0 Å². The van der Waals surface area contributed by atoms with E-state index in [1.54, 1.807) is 6.92 Å². The molecule has 0 unspecified atom stereocenters. The molecular formula is C16H15NO4. The first-order chi connectivity index (χ1) is 10.1. The summed E-state index contributed by atoms with van der Waals surface area (Å²) in [6.45, 7) is 1.80. The van der Waals surface area contributed by atoms with Gasteiger partial charge in [-0.1, -0.05) is 18.2 Å². The van der Waals surface area contributed by atoms with Crippen LogP contribution in [0.25, 0.3) is 10.9 Å². The van der Waals surface area contributed by atoms with Crippen LogP contribution in [0.4, 0.5) is 0 Å². The minimum absolute atomic E-state index is 0.118. The van der Waals surface area contributed by atoms with Crippen molar-refractivity contribution in [1.82, 2.24) is 4.98 Å². The number of nitrogens with one attached hydrogen (secondary N) is 1. The molecule has 21 heavy (non-hydrogen) atoms. The van der Waals surface area contributed by atoms with Gasteiger partial charge in [-0.15, -0.1) is 0 Å². The summed E-state index contributed by atoms with van der Waals surface area (Å²) in [6.07, 6.45) is 0.933. The molecule has 0 radical (unpaired) electrons. The average Bonchev–Trinajstić information content (AvgIpc) is 2.87. The standard InChI is InChI=1S/C16H15NO4/c1-2-21-16(20)15(19)11-8-7-10-9-5-3-4-6-12(9)17-13(10)14(11)18/h3-6,17,19H,2,7-8H2,1H3. The highest BCUT2D eigenvalue weighted by atomic mass is 16.5. The number of allylic oxidation sites excluding steroid dienone is 1. The summed E-state index contributed by atoms with van der Waals surface area (Å²) in [5.41, 5.74) is 2.39. The number of para-hydroxylation sites is 1. The molecule has 0 amide bonds. The van der Waals surface area contributed by atoms with Crippen molar-refractivity contribution in [3.63, 3.8) is 0 Å². The number of aliphatic hydroxyl groups excluding tert-OH is 1. The van der Waals surface area contributed by atoms with E-state index in [0.717, 1.165) is 16.5 Å². The zero-order valence-electron chi connectivity index (χ0n) is 11.6. The molecular weight excluding hydrogens is 270 g/mol. The maximum atomic E-state index is 12.5. The maximum Gasteiger partial charge on any atom is 0.373 e. The number of aryl methyl sites for hydroxylation is 1. The van der Waals surface area contributed by atoms with E-state index in [9.17, 15) is 14.7 Å². The first-order valence-corrected chi connectivity index (χ1v) is 6.87. The summed E-state index contributed by atoms with van der Waals surface area (Å²) < 4.78 is 4.74. The number of hydrogen-bond acceptors (Lipinski definition) is 4. The molecule has 3 rings (SSSR count). The van der Waals surface area contributed by atoms with Crippen molar-refractivity contribution < 1.29 is 19.4 Å². The third-order valence-corrected chi connectivity index (χ3v) is 3.69. The molecule has 2 aromatic rings. The number of carbonyl (C=O) groups is 2. The SMILES string of the molecule is CCOC(=O)C(O)=C1CCc2c([nH]c3ccccc23)C1=O. The van der Waals surface area contributed by atoms with E-state index in [0.29, 0.717) is 18.5 Å². The molecule has 0 saturated heterocycles. The lowest BCUT2D eigenvalue weighted by atomic mass is 9.89. The number of carbonyl (C=O) groups excluding carboxylic acids is 2. The predicted octanol–water partition coefficient (Wildman–Crippen LogP) is 2.67. The van der Waals surface area contributed by atoms with Crippen LogP contribution in [0.3, 0.4) is 0 Å². The minimum atomic E-state index is -0.847. The van der Waals surface area contributed by atoms with Gasteiger partial charge in [0.1, 0.15) is 0 Å². The Bertz CT molecular complexity index is 770. The van der Waals surface area contributed by atoms with E-state index in [1.807, 2.05) is 24.3 Å². The molecule has 0 aliphatic heterocycles. The minimum Gasteiger partial charge on any atom is -0.502 e. The Balaban J connectivity index is 2.07. The van der Waals surface area contributed by atoms with Crippen molar-refractivity contribution >= 4 is 22.7 Å². The number of ether oxygens (including phenoxy) is 1. The van der Waals surface area contributed by atoms with E-state index in [2.05, 4.69) is 4.98 Å². The number of H-pyrrole nitrogens is 1. The number of hydrogen-bond donors (Lipinski definition) is 2. The Kier molecular flexibility index (Phi) is 3.25. The fourth-order valence-corrected chi connectivity index (χ4v) is 2.72. The van der Waals surface area contributed by atoms with Crippen molar-refractivity contribution in [2.45, 2.75) is 19.8 Å². The lowest BCUT2D eigenvalue weighted by Gasteiger charge is -2.15. The summed E-state index contributed by atoms with van der Waals surface area (Å²) >= 11 is 0. The maximum absolute atomic E-state index is 12.5. The summed E-state index contributed by atoms with van der Waals surface area (Å²) in [6, 6.07) is 7.66. The lowest BCUT2D eigenvalue weighted by molar-refractivity contribution is -0.141. The van der Waals surface area contributed by atoms with Crippen LogP contribution >= 0.6 is 0 Å². The summed E-state index contributed by atoms with van der Waals surface area (Å²) in [5, 5.41) is 10.9. The van der Waals surface area contributed by atoms with Crippen molar-refractivity contribution in [2.75, 3.05) is 6.61 Å². The van der Waals surface area contributed by atoms with Gasteiger partial charge in [0.15, 0.2) is 0 Å². The van der Waals surface area contributed by atoms with Crippen LogP contribution in [0.15, 0.2) is 35.6 Å². The van der Waals surface area contributed by atoms with Gasteiger partial charge >= 0.3 is 5.97 Å². The number of rotatable bonds is 2. The summed E-state index contributed by atoms with van der Waals surface area (Å²) in [7, 11) is 0. The Labute approximate surface area is 121 Å². The summed E-state index contributed by atoms with van der Waals surface area (Å²) in [5.74, 6) is -1.76. The fourth-order valence-electron chi connectivity index (χ4n) is 2.72. The summed E-state index contributed by atoms with van der Waals surface area (Å²) in [4.78, 5) is 27.1.